The van der Waals surface area contributed by atoms with E-state index in [1.165, 1.54) is 0 Å². The van der Waals surface area contributed by atoms with Crippen LogP contribution in [0.4, 0.5) is 5.69 Å². The van der Waals surface area contributed by atoms with Gasteiger partial charge in [0.2, 0.25) is 0 Å². The van der Waals surface area contributed by atoms with Crippen molar-refractivity contribution < 1.29 is 9.53 Å². The number of nitrogens with one attached hydrogen (secondary N) is 2. The van der Waals surface area contributed by atoms with Crippen LogP contribution in [0.1, 0.15) is 47.8 Å². The Morgan fingerprint density at radius 1 is 1.25 bits per heavy atom. The fraction of sp³-hybridized carbons (Fsp3) is 0.368. The molecule has 5 nitrogen and oxygen atoms in total. The van der Waals surface area contributed by atoms with E-state index in [4.69, 9.17) is 4.74 Å². The van der Waals surface area contributed by atoms with Gasteiger partial charge < -0.3 is 15.0 Å². The van der Waals surface area contributed by atoms with E-state index in [-0.39, 0.29) is 17.0 Å². The van der Waals surface area contributed by atoms with Crippen molar-refractivity contribution in [3.63, 3.8) is 0 Å². The molecule has 1 aromatic heterocycles. The van der Waals surface area contributed by atoms with Crippen molar-refractivity contribution in [2.75, 3.05) is 11.9 Å². The maximum Gasteiger partial charge on any atom is 0.261 e. The van der Waals surface area contributed by atoms with Gasteiger partial charge in [-0.1, -0.05) is 13.3 Å². The van der Waals surface area contributed by atoms with E-state index in [0.29, 0.717) is 12.3 Å². The minimum atomic E-state index is -0.384. The predicted octanol–water partition coefficient (Wildman–Crippen LogP) is 3.29. The van der Waals surface area contributed by atoms with Crippen LogP contribution in [0.15, 0.2) is 35.1 Å². The maximum absolute atomic E-state index is 12.4. The van der Waals surface area contributed by atoms with E-state index in [1.54, 1.807) is 18.2 Å². The number of hydrogen-bond acceptors (Lipinski definition) is 3. The first kappa shape index (κ1) is 16.3. The van der Waals surface area contributed by atoms with Gasteiger partial charge in [-0.3, -0.25) is 9.59 Å². The summed E-state index contributed by atoms with van der Waals surface area (Å²) < 4.78 is 5.59. The zero-order chi connectivity index (χ0) is 16.9. The standard InChI is InChI=1S/C19H22N2O3/c1-2-3-11-24-15-9-7-14(8-10-15)20-18(22)16-12-13-5-4-6-17(13)21-19(16)23/h7-10,12H,2-6,11H2,1H3,(H,20,22)(H,21,23). The zero-order valence-corrected chi connectivity index (χ0v) is 13.9. The van der Waals surface area contributed by atoms with Crippen LogP contribution in [0.2, 0.25) is 0 Å². The van der Waals surface area contributed by atoms with Gasteiger partial charge in [-0.2, -0.15) is 0 Å². The van der Waals surface area contributed by atoms with Crippen molar-refractivity contribution in [1.29, 1.82) is 0 Å². The number of amides is 1. The highest BCUT2D eigenvalue weighted by Crippen LogP contribution is 2.20. The summed E-state index contributed by atoms with van der Waals surface area (Å²) in [5.74, 6) is 0.391. The molecule has 1 heterocycles. The number of carbonyl (C=O) groups excluding carboxylic acids is 1. The van der Waals surface area contributed by atoms with Crippen LogP contribution in [0, 0.1) is 0 Å². The molecule has 0 unspecified atom stereocenters. The number of aromatic nitrogens is 1. The number of fused-ring (bicyclic) bond motifs is 1. The molecule has 0 fully saturated rings. The Bertz CT molecular complexity index is 778. The molecule has 5 heteroatoms. The molecule has 2 N–H and O–H groups in total. The summed E-state index contributed by atoms with van der Waals surface area (Å²) >= 11 is 0. The van der Waals surface area contributed by atoms with Crippen LogP contribution < -0.4 is 15.6 Å². The third-order valence-corrected chi connectivity index (χ3v) is 4.21. The highest BCUT2D eigenvalue weighted by atomic mass is 16.5. The van der Waals surface area contributed by atoms with Gasteiger partial charge in [0.1, 0.15) is 11.3 Å². The van der Waals surface area contributed by atoms with E-state index in [0.717, 1.165) is 49.1 Å². The molecule has 0 atom stereocenters. The maximum atomic E-state index is 12.4. The number of rotatable bonds is 6. The number of carbonyl (C=O) groups is 1. The van der Waals surface area contributed by atoms with Crippen LogP contribution in [0.3, 0.4) is 0 Å². The van der Waals surface area contributed by atoms with E-state index in [9.17, 15) is 9.59 Å². The Morgan fingerprint density at radius 2 is 2.04 bits per heavy atom. The van der Waals surface area contributed by atoms with Gasteiger partial charge in [0.15, 0.2) is 0 Å². The molecule has 24 heavy (non-hydrogen) atoms. The molecule has 1 aliphatic rings. The molecular weight excluding hydrogens is 304 g/mol. The quantitative estimate of drug-likeness (QED) is 0.800. The summed E-state index contributed by atoms with van der Waals surface area (Å²) in [4.78, 5) is 27.3. The average Bonchev–Trinajstić information content (AvgIpc) is 3.03. The number of aromatic amines is 1. The second-order valence-corrected chi connectivity index (χ2v) is 6.05. The summed E-state index contributed by atoms with van der Waals surface area (Å²) in [5, 5.41) is 2.77. The first-order chi connectivity index (χ1) is 11.7. The molecule has 1 aromatic carbocycles. The zero-order valence-electron chi connectivity index (χ0n) is 13.9. The van der Waals surface area contributed by atoms with Gasteiger partial charge in [-0.25, -0.2) is 0 Å². The lowest BCUT2D eigenvalue weighted by atomic mass is 10.1. The van der Waals surface area contributed by atoms with Gasteiger partial charge in [-0.05, 0) is 61.6 Å². The van der Waals surface area contributed by atoms with Gasteiger partial charge >= 0.3 is 0 Å². The largest absolute Gasteiger partial charge is 0.494 e. The molecular formula is C19H22N2O3. The SMILES string of the molecule is CCCCOc1ccc(NC(=O)c2cc3c([nH]c2=O)CCC3)cc1. The summed E-state index contributed by atoms with van der Waals surface area (Å²) in [7, 11) is 0. The van der Waals surface area contributed by atoms with Crippen molar-refractivity contribution >= 4 is 11.6 Å². The van der Waals surface area contributed by atoms with Gasteiger partial charge in [0.05, 0.1) is 6.61 Å². The Labute approximate surface area is 141 Å². The minimum Gasteiger partial charge on any atom is -0.494 e. The van der Waals surface area contributed by atoms with E-state index >= 15 is 0 Å². The molecule has 0 spiro atoms. The normalized spacial score (nSPS) is 12.7. The number of H-pyrrole nitrogens is 1. The number of anilines is 1. The van der Waals surface area contributed by atoms with Crippen LogP contribution in [-0.2, 0) is 12.8 Å². The molecule has 2 aromatic rings. The van der Waals surface area contributed by atoms with E-state index < -0.39 is 0 Å². The summed E-state index contributed by atoms with van der Waals surface area (Å²) in [6, 6.07) is 8.91. The molecule has 0 saturated carbocycles. The predicted molar refractivity (Wildman–Crippen MR) is 93.9 cm³/mol. The van der Waals surface area contributed by atoms with Gasteiger partial charge in [0.25, 0.3) is 11.5 Å². The molecule has 1 aliphatic carbocycles. The van der Waals surface area contributed by atoms with Gasteiger partial charge in [0, 0.05) is 11.4 Å². The topological polar surface area (TPSA) is 71.2 Å². The lowest BCUT2D eigenvalue weighted by Crippen LogP contribution is -2.24. The van der Waals surface area contributed by atoms with Crippen molar-refractivity contribution in [2.24, 2.45) is 0 Å². The number of pyridine rings is 1. The summed E-state index contributed by atoms with van der Waals surface area (Å²) in [5.41, 5.74) is 2.51. The number of unbranched alkanes of at least 4 members (excludes halogenated alkanes) is 1. The fourth-order valence-corrected chi connectivity index (χ4v) is 2.85. The van der Waals surface area contributed by atoms with E-state index in [1.807, 2.05) is 12.1 Å². The number of ether oxygens (including phenoxy) is 1. The van der Waals surface area contributed by atoms with Crippen molar-refractivity contribution in [1.82, 2.24) is 4.98 Å². The molecule has 0 radical (unpaired) electrons. The fourth-order valence-electron chi connectivity index (χ4n) is 2.85. The molecule has 0 saturated heterocycles. The Balaban J connectivity index is 1.68. The van der Waals surface area contributed by atoms with Crippen molar-refractivity contribution in [3.05, 3.63) is 57.5 Å². The minimum absolute atomic E-state index is 0.166. The molecule has 0 bridgehead atoms. The number of hydrogen-bond donors (Lipinski definition) is 2. The average molecular weight is 326 g/mol. The first-order valence-corrected chi connectivity index (χ1v) is 8.46. The van der Waals surface area contributed by atoms with Gasteiger partial charge in [-0.15, -0.1) is 0 Å². The molecule has 3 rings (SSSR count). The van der Waals surface area contributed by atoms with E-state index in [2.05, 4.69) is 17.2 Å². The first-order valence-electron chi connectivity index (χ1n) is 8.46. The Morgan fingerprint density at radius 3 is 2.79 bits per heavy atom. The number of benzene rings is 1. The van der Waals surface area contributed by atoms with Crippen LogP contribution in [0.5, 0.6) is 5.75 Å². The lowest BCUT2D eigenvalue weighted by Gasteiger charge is -2.08. The Kier molecular flexibility index (Phi) is 4.99. The van der Waals surface area contributed by atoms with Crippen LogP contribution in [0.25, 0.3) is 0 Å². The lowest BCUT2D eigenvalue weighted by molar-refractivity contribution is 0.102. The third kappa shape index (κ3) is 3.67. The molecule has 126 valence electrons. The second-order valence-electron chi connectivity index (χ2n) is 6.05. The molecule has 0 aliphatic heterocycles. The van der Waals surface area contributed by atoms with Crippen LogP contribution >= 0.6 is 0 Å². The Hall–Kier alpha value is -2.56. The smallest absolute Gasteiger partial charge is 0.261 e. The highest BCUT2D eigenvalue weighted by Gasteiger charge is 2.18. The highest BCUT2D eigenvalue weighted by molar-refractivity contribution is 6.04. The summed E-state index contributed by atoms with van der Waals surface area (Å²) in [6.45, 7) is 2.80. The monoisotopic (exact) mass is 326 g/mol. The summed E-state index contributed by atoms with van der Waals surface area (Å²) in [6.07, 6.45) is 4.92. The molecule has 1 amide bonds. The van der Waals surface area contributed by atoms with Crippen LogP contribution in [-0.4, -0.2) is 17.5 Å². The number of aryl methyl sites for hydroxylation is 2. The second kappa shape index (κ2) is 7.34. The van der Waals surface area contributed by atoms with Crippen molar-refractivity contribution in [3.8, 4) is 5.75 Å². The van der Waals surface area contributed by atoms with Crippen molar-refractivity contribution in [2.45, 2.75) is 39.0 Å². The third-order valence-electron chi connectivity index (χ3n) is 4.21.